The van der Waals surface area contributed by atoms with Gasteiger partial charge in [0.15, 0.2) is 0 Å². The Hall–Kier alpha value is -1.55. The third-order valence-corrected chi connectivity index (χ3v) is 3.75. The monoisotopic (exact) mass is 246 g/mol. The minimum absolute atomic E-state index is 0.135. The summed E-state index contributed by atoms with van der Waals surface area (Å²) in [6.07, 6.45) is 1.04. The second kappa shape index (κ2) is 4.61. The van der Waals surface area contributed by atoms with Crippen molar-refractivity contribution in [1.29, 1.82) is 0 Å². The van der Waals surface area contributed by atoms with E-state index in [1.54, 1.807) is 0 Å². The molecule has 1 amide bonds. The second-order valence-corrected chi connectivity index (χ2v) is 4.92. The number of hydrogen-bond acceptors (Lipinski definition) is 3. The van der Waals surface area contributed by atoms with Crippen molar-refractivity contribution >= 4 is 11.6 Å². The molecular weight excluding hydrogens is 228 g/mol. The van der Waals surface area contributed by atoms with E-state index in [4.69, 9.17) is 4.74 Å². The maximum atomic E-state index is 12.3. The Kier molecular flexibility index (Phi) is 2.96. The van der Waals surface area contributed by atoms with Gasteiger partial charge in [-0.05, 0) is 30.2 Å². The van der Waals surface area contributed by atoms with Gasteiger partial charge in [0.1, 0.15) is 0 Å². The van der Waals surface area contributed by atoms with E-state index in [9.17, 15) is 4.79 Å². The van der Waals surface area contributed by atoms with Crippen molar-refractivity contribution in [1.82, 2.24) is 4.90 Å². The maximum absolute atomic E-state index is 12.3. The van der Waals surface area contributed by atoms with Crippen LogP contribution in [0.2, 0.25) is 0 Å². The van der Waals surface area contributed by atoms with Crippen molar-refractivity contribution in [3.05, 3.63) is 29.3 Å². The number of fused-ring (bicyclic) bond motifs is 1. The Morgan fingerprint density at radius 1 is 1.22 bits per heavy atom. The molecule has 0 radical (unpaired) electrons. The molecule has 0 unspecified atom stereocenters. The quantitative estimate of drug-likeness (QED) is 0.745. The first kappa shape index (κ1) is 11.5. The van der Waals surface area contributed by atoms with Crippen LogP contribution in [0.15, 0.2) is 18.2 Å². The average Bonchev–Trinajstić information content (AvgIpc) is 2.80. The van der Waals surface area contributed by atoms with Crippen molar-refractivity contribution in [2.75, 3.05) is 44.8 Å². The van der Waals surface area contributed by atoms with Crippen LogP contribution in [0.4, 0.5) is 5.69 Å². The average molecular weight is 246 g/mol. The summed E-state index contributed by atoms with van der Waals surface area (Å²) in [7, 11) is 2.09. The number of carbonyl (C=O) groups excluding carboxylic acids is 1. The molecule has 96 valence electrons. The molecule has 4 heteroatoms. The topological polar surface area (TPSA) is 32.8 Å². The van der Waals surface area contributed by atoms with Crippen LogP contribution in [-0.4, -0.2) is 50.7 Å². The SMILES string of the molecule is CN1CCc2cc(C(=O)N3CCOCC3)ccc21. The number of anilines is 1. The van der Waals surface area contributed by atoms with Crippen molar-refractivity contribution in [2.45, 2.75) is 6.42 Å². The van der Waals surface area contributed by atoms with E-state index in [-0.39, 0.29) is 5.91 Å². The van der Waals surface area contributed by atoms with Gasteiger partial charge in [-0.25, -0.2) is 0 Å². The smallest absolute Gasteiger partial charge is 0.254 e. The number of likely N-dealkylation sites (N-methyl/N-ethyl adjacent to an activating group) is 1. The fraction of sp³-hybridized carbons (Fsp3) is 0.500. The standard InChI is InChI=1S/C14H18N2O2/c1-15-5-4-11-10-12(2-3-13(11)15)14(17)16-6-8-18-9-7-16/h2-3,10H,4-9H2,1H3. The molecule has 18 heavy (non-hydrogen) atoms. The predicted molar refractivity (Wildman–Crippen MR) is 70.1 cm³/mol. The van der Waals surface area contributed by atoms with Gasteiger partial charge >= 0.3 is 0 Å². The normalized spacial score (nSPS) is 18.9. The molecule has 3 rings (SSSR count). The van der Waals surface area contributed by atoms with E-state index < -0.39 is 0 Å². The number of nitrogens with zero attached hydrogens (tertiary/aromatic N) is 2. The van der Waals surface area contributed by atoms with Gasteiger partial charge in [0.25, 0.3) is 5.91 Å². The summed E-state index contributed by atoms with van der Waals surface area (Å²) in [5.74, 6) is 0.135. The van der Waals surface area contributed by atoms with E-state index in [1.807, 2.05) is 11.0 Å². The lowest BCUT2D eigenvalue weighted by Crippen LogP contribution is -2.40. The van der Waals surface area contributed by atoms with Gasteiger partial charge in [-0.3, -0.25) is 4.79 Å². The van der Waals surface area contributed by atoms with Gasteiger partial charge in [-0.15, -0.1) is 0 Å². The van der Waals surface area contributed by atoms with Gasteiger partial charge in [0.05, 0.1) is 13.2 Å². The molecule has 1 fully saturated rings. The fourth-order valence-electron chi connectivity index (χ4n) is 2.65. The molecule has 0 saturated carbocycles. The van der Waals surface area contributed by atoms with Crippen LogP contribution < -0.4 is 4.90 Å². The highest BCUT2D eigenvalue weighted by molar-refractivity contribution is 5.95. The summed E-state index contributed by atoms with van der Waals surface area (Å²) >= 11 is 0. The molecule has 2 heterocycles. The molecular formula is C14H18N2O2. The lowest BCUT2D eigenvalue weighted by molar-refractivity contribution is 0.0303. The highest BCUT2D eigenvalue weighted by Crippen LogP contribution is 2.27. The van der Waals surface area contributed by atoms with Crippen LogP contribution in [0, 0.1) is 0 Å². The number of ether oxygens (including phenoxy) is 1. The zero-order valence-electron chi connectivity index (χ0n) is 10.7. The molecule has 0 atom stereocenters. The first-order valence-corrected chi connectivity index (χ1v) is 6.47. The third kappa shape index (κ3) is 1.97. The van der Waals surface area contributed by atoms with Gasteiger partial charge in [0, 0.05) is 37.9 Å². The zero-order valence-corrected chi connectivity index (χ0v) is 10.7. The van der Waals surface area contributed by atoms with Crippen molar-refractivity contribution in [3.8, 4) is 0 Å². The lowest BCUT2D eigenvalue weighted by atomic mass is 10.1. The number of carbonyl (C=O) groups is 1. The van der Waals surface area contributed by atoms with Crippen molar-refractivity contribution in [2.24, 2.45) is 0 Å². The number of benzene rings is 1. The summed E-state index contributed by atoms with van der Waals surface area (Å²) in [6, 6.07) is 6.06. The highest BCUT2D eigenvalue weighted by atomic mass is 16.5. The summed E-state index contributed by atoms with van der Waals surface area (Å²) in [6.45, 7) is 3.76. The number of morpholine rings is 1. The predicted octanol–water partition coefficient (Wildman–Crippen LogP) is 1.15. The third-order valence-electron chi connectivity index (χ3n) is 3.75. The first-order chi connectivity index (χ1) is 8.75. The maximum Gasteiger partial charge on any atom is 0.254 e. The minimum Gasteiger partial charge on any atom is -0.378 e. The largest absolute Gasteiger partial charge is 0.378 e. The molecule has 0 N–H and O–H groups in total. The van der Waals surface area contributed by atoms with E-state index in [0.717, 1.165) is 18.5 Å². The van der Waals surface area contributed by atoms with Crippen LogP contribution in [0.25, 0.3) is 0 Å². The zero-order chi connectivity index (χ0) is 12.5. The van der Waals surface area contributed by atoms with Crippen LogP contribution in [-0.2, 0) is 11.2 Å². The Bertz CT molecular complexity index is 467. The Morgan fingerprint density at radius 2 is 2.00 bits per heavy atom. The highest BCUT2D eigenvalue weighted by Gasteiger charge is 2.21. The summed E-state index contributed by atoms with van der Waals surface area (Å²) < 4.78 is 5.27. The van der Waals surface area contributed by atoms with E-state index >= 15 is 0 Å². The van der Waals surface area contributed by atoms with Gasteiger partial charge in [-0.1, -0.05) is 0 Å². The molecule has 0 aromatic heterocycles. The summed E-state index contributed by atoms with van der Waals surface area (Å²) in [4.78, 5) is 16.5. The second-order valence-electron chi connectivity index (χ2n) is 4.92. The Balaban J connectivity index is 1.82. The summed E-state index contributed by atoms with van der Waals surface area (Å²) in [5.41, 5.74) is 3.36. The number of amides is 1. The molecule has 4 nitrogen and oxygen atoms in total. The molecule has 2 aliphatic rings. The minimum atomic E-state index is 0.135. The molecule has 0 bridgehead atoms. The molecule has 0 spiro atoms. The fourth-order valence-corrected chi connectivity index (χ4v) is 2.65. The Morgan fingerprint density at radius 3 is 2.78 bits per heavy atom. The van der Waals surface area contributed by atoms with Gasteiger partial charge in [0.2, 0.25) is 0 Å². The number of hydrogen-bond donors (Lipinski definition) is 0. The molecule has 0 aliphatic carbocycles. The first-order valence-electron chi connectivity index (χ1n) is 6.47. The Labute approximate surface area is 107 Å². The summed E-state index contributed by atoms with van der Waals surface area (Å²) in [5, 5.41) is 0. The van der Waals surface area contributed by atoms with E-state index in [1.165, 1.54) is 11.3 Å². The van der Waals surface area contributed by atoms with Crippen molar-refractivity contribution in [3.63, 3.8) is 0 Å². The van der Waals surface area contributed by atoms with Crippen LogP contribution >= 0.6 is 0 Å². The van der Waals surface area contributed by atoms with Crippen molar-refractivity contribution < 1.29 is 9.53 Å². The molecule has 1 aromatic carbocycles. The van der Waals surface area contributed by atoms with Gasteiger partial charge < -0.3 is 14.5 Å². The van der Waals surface area contributed by atoms with Gasteiger partial charge in [-0.2, -0.15) is 0 Å². The van der Waals surface area contributed by atoms with Crippen LogP contribution in [0.3, 0.4) is 0 Å². The molecule has 2 aliphatic heterocycles. The molecule has 1 saturated heterocycles. The van der Waals surface area contributed by atoms with E-state index in [2.05, 4.69) is 24.1 Å². The van der Waals surface area contributed by atoms with Crippen LogP contribution in [0.5, 0.6) is 0 Å². The van der Waals surface area contributed by atoms with E-state index in [0.29, 0.717) is 26.3 Å². The van der Waals surface area contributed by atoms with Crippen LogP contribution in [0.1, 0.15) is 15.9 Å². The lowest BCUT2D eigenvalue weighted by Gasteiger charge is -2.27. The molecule has 1 aromatic rings. The number of rotatable bonds is 1.